The maximum atomic E-state index is 11.6. The summed E-state index contributed by atoms with van der Waals surface area (Å²) < 4.78 is 5.20. The van der Waals surface area contributed by atoms with E-state index in [2.05, 4.69) is 19.6 Å². The van der Waals surface area contributed by atoms with E-state index in [-0.39, 0.29) is 6.09 Å². The number of aliphatic hydroxyl groups is 1. The Bertz CT molecular complexity index is 283. The van der Waals surface area contributed by atoms with E-state index in [1.54, 1.807) is 11.0 Å². The molecule has 0 bridgehead atoms. The molecular formula is C11H21NO3Si. The second-order valence-electron chi connectivity index (χ2n) is 5.32. The molecule has 16 heavy (non-hydrogen) atoms. The highest BCUT2D eigenvalue weighted by molar-refractivity contribution is 6.76. The first-order valence-electron chi connectivity index (χ1n) is 5.68. The van der Waals surface area contributed by atoms with Gasteiger partial charge in [0.2, 0.25) is 0 Å². The van der Waals surface area contributed by atoms with Crippen molar-refractivity contribution in [3.05, 3.63) is 11.8 Å². The zero-order valence-corrected chi connectivity index (χ0v) is 11.3. The molecule has 0 aromatic heterocycles. The van der Waals surface area contributed by atoms with Crippen LogP contribution in [0.3, 0.4) is 0 Å². The standard InChI is InChI=1S/C11H21NO3Si/c1-16(2,3)9-8-15-11(14)12-6-4-10(13)5-7-12/h4,13H,5-9H2,1-3H3. The van der Waals surface area contributed by atoms with Gasteiger partial charge in [0, 0.05) is 27.6 Å². The molecule has 92 valence electrons. The minimum Gasteiger partial charge on any atom is -0.513 e. The van der Waals surface area contributed by atoms with Gasteiger partial charge in [0.25, 0.3) is 0 Å². The molecule has 0 saturated heterocycles. The lowest BCUT2D eigenvalue weighted by Gasteiger charge is -2.24. The van der Waals surface area contributed by atoms with Gasteiger partial charge in [-0.3, -0.25) is 0 Å². The summed E-state index contributed by atoms with van der Waals surface area (Å²) in [5, 5.41) is 9.18. The Balaban J connectivity index is 2.26. The third-order valence-electron chi connectivity index (χ3n) is 2.52. The van der Waals surface area contributed by atoms with Gasteiger partial charge < -0.3 is 14.7 Å². The van der Waals surface area contributed by atoms with Crippen LogP contribution in [0.4, 0.5) is 4.79 Å². The van der Waals surface area contributed by atoms with Gasteiger partial charge in [0.05, 0.1) is 12.4 Å². The Hall–Kier alpha value is -0.973. The van der Waals surface area contributed by atoms with E-state index in [1.165, 1.54) is 0 Å². The van der Waals surface area contributed by atoms with Crippen LogP contribution in [-0.2, 0) is 4.74 Å². The summed E-state index contributed by atoms with van der Waals surface area (Å²) in [6.07, 6.45) is 1.92. The van der Waals surface area contributed by atoms with Crippen molar-refractivity contribution in [3.8, 4) is 0 Å². The van der Waals surface area contributed by atoms with E-state index in [4.69, 9.17) is 4.74 Å². The molecule has 1 aliphatic heterocycles. The number of nitrogens with zero attached hydrogens (tertiary/aromatic N) is 1. The summed E-state index contributed by atoms with van der Waals surface area (Å²) in [6, 6.07) is 0.994. The first-order chi connectivity index (χ1) is 7.38. The number of carbonyl (C=O) groups excluding carboxylic acids is 1. The summed E-state index contributed by atoms with van der Waals surface area (Å²) in [4.78, 5) is 13.2. The van der Waals surface area contributed by atoms with Crippen LogP contribution >= 0.6 is 0 Å². The molecule has 1 aliphatic rings. The summed E-state index contributed by atoms with van der Waals surface area (Å²) in [7, 11) is -1.13. The van der Waals surface area contributed by atoms with Crippen molar-refractivity contribution in [2.24, 2.45) is 0 Å². The zero-order valence-electron chi connectivity index (χ0n) is 10.3. The molecule has 0 atom stereocenters. The first-order valence-corrected chi connectivity index (χ1v) is 9.39. The summed E-state index contributed by atoms with van der Waals surface area (Å²) in [5.74, 6) is 0.367. The second kappa shape index (κ2) is 5.38. The van der Waals surface area contributed by atoms with Crippen LogP contribution in [-0.4, -0.2) is 43.9 Å². The van der Waals surface area contributed by atoms with Crippen molar-refractivity contribution in [2.75, 3.05) is 19.7 Å². The van der Waals surface area contributed by atoms with Crippen LogP contribution in [0, 0.1) is 0 Å². The molecule has 0 aromatic rings. The second-order valence-corrected chi connectivity index (χ2v) is 10.9. The lowest BCUT2D eigenvalue weighted by Crippen LogP contribution is -2.36. The molecular weight excluding hydrogens is 222 g/mol. The normalized spacial score (nSPS) is 16.9. The van der Waals surface area contributed by atoms with Crippen LogP contribution in [0.5, 0.6) is 0 Å². The molecule has 0 aliphatic carbocycles. The summed E-state index contributed by atoms with van der Waals surface area (Å²) >= 11 is 0. The van der Waals surface area contributed by atoms with E-state index in [0.717, 1.165) is 6.04 Å². The fourth-order valence-corrected chi connectivity index (χ4v) is 2.07. The van der Waals surface area contributed by atoms with Gasteiger partial charge in [-0.25, -0.2) is 4.79 Å². The monoisotopic (exact) mass is 243 g/mol. The molecule has 0 fully saturated rings. The third-order valence-corrected chi connectivity index (χ3v) is 4.23. The zero-order chi connectivity index (χ0) is 12.2. The minimum absolute atomic E-state index is 0.262. The molecule has 4 nitrogen and oxygen atoms in total. The Morgan fingerprint density at radius 1 is 1.56 bits per heavy atom. The number of rotatable bonds is 3. The van der Waals surface area contributed by atoms with Crippen molar-refractivity contribution >= 4 is 14.2 Å². The molecule has 0 aromatic carbocycles. The lowest BCUT2D eigenvalue weighted by molar-refractivity contribution is 0.107. The maximum absolute atomic E-state index is 11.6. The van der Waals surface area contributed by atoms with Crippen LogP contribution in [0.1, 0.15) is 6.42 Å². The van der Waals surface area contributed by atoms with Gasteiger partial charge in [-0.15, -0.1) is 0 Å². The Morgan fingerprint density at radius 2 is 2.25 bits per heavy atom. The molecule has 1 heterocycles. The quantitative estimate of drug-likeness (QED) is 0.775. The van der Waals surface area contributed by atoms with Crippen LogP contribution < -0.4 is 0 Å². The van der Waals surface area contributed by atoms with E-state index in [1.807, 2.05) is 0 Å². The van der Waals surface area contributed by atoms with E-state index in [9.17, 15) is 9.90 Å². The van der Waals surface area contributed by atoms with Gasteiger partial charge in [0.15, 0.2) is 0 Å². The predicted molar refractivity (Wildman–Crippen MR) is 66.4 cm³/mol. The molecule has 0 saturated carbocycles. The lowest BCUT2D eigenvalue weighted by atomic mass is 10.2. The number of hydrogen-bond acceptors (Lipinski definition) is 3. The Kier molecular flexibility index (Phi) is 4.41. The number of carbonyl (C=O) groups is 1. The first kappa shape index (κ1) is 13.1. The van der Waals surface area contributed by atoms with Crippen molar-refractivity contribution in [1.29, 1.82) is 0 Å². The van der Waals surface area contributed by atoms with Gasteiger partial charge in [0.1, 0.15) is 0 Å². The Morgan fingerprint density at radius 3 is 2.75 bits per heavy atom. The van der Waals surface area contributed by atoms with E-state index < -0.39 is 8.07 Å². The van der Waals surface area contributed by atoms with Gasteiger partial charge in [-0.1, -0.05) is 19.6 Å². The fraction of sp³-hybridized carbons (Fsp3) is 0.727. The van der Waals surface area contributed by atoms with Gasteiger partial charge in [-0.05, 0) is 12.1 Å². The van der Waals surface area contributed by atoms with Crippen molar-refractivity contribution in [2.45, 2.75) is 32.1 Å². The van der Waals surface area contributed by atoms with Crippen LogP contribution in [0.2, 0.25) is 25.7 Å². The molecule has 0 unspecified atom stereocenters. The largest absolute Gasteiger partial charge is 0.513 e. The number of aliphatic hydroxyl groups excluding tert-OH is 1. The van der Waals surface area contributed by atoms with Crippen molar-refractivity contribution in [1.82, 2.24) is 4.90 Å². The summed E-state index contributed by atoms with van der Waals surface area (Å²) in [6.45, 7) is 8.28. The van der Waals surface area contributed by atoms with Crippen LogP contribution in [0.15, 0.2) is 11.8 Å². The minimum atomic E-state index is -1.13. The maximum Gasteiger partial charge on any atom is 0.410 e. The predicted octanol–water partition coefficient (Wildman–Crippen LogP) is 2.61. The fourth-order valence-electron chi connectivity index (χ4n) is 1.36. The topological polar surface area (TPSA) is 49.8 Å². The third kappa shape index (κ3) is 4.70. The summed E-state index contributed by atoms with van der Waals surface area (Å²) in [5.41, 5.74) is 0. The number of amides is 1. The van der Waals surface area contributed by atoms with Crippen molar-refractivity contribution in [3.63, 3.8) is 0 Å². The van der Waals surface area contributed by atoms with E-state index >= 15 is 0 Å². The molecule has 1 rings (SSSR count). The highest BCUT2D eigenvalue weighted by Gasteiger charge is 2.19. The van der Waals surface area contributed by atoms with Gasteiger partial charge >= 0.3 is 6.09 Å². The average Bonchev–Trinajstić information content (AvgIpc) is 2.16. The van der Waals surface area contributed by atoms with E-state index in [0.29, 0.717) is 31.9 Å². The molecule has 1 amide bonds. The highest BCUT2D eigenvalue weighted by atomic mass is 28.3. The molecule has 0 radical (unpaired) electrons. The molecule has 5 heteroatoms. The SMILES string of the molecule is C[Si](C)(C)CCOC(=O)N1CC=C(O)CC1. The number of ether oxygens (including phenoxy) is 1. The van der Waals surface area contributed by atoms with Crippen molar-refractivity contribution < 1.29 is 14.6 Å². The molecule has 1 N–H and O–H groups in total. The average molecular weight is 243 g/mol. The number of hydrogen-bond donors (Lipinski definition) is 1. The Labute approximate surface area is 97.9 Å². The highest BCUT2D eigenvalue weighted by Crippen LogP contribution is 2.11. The van der Waals surface area contributed by atoms with Gasteiger partial charge in [-0.2, -0.15) is 0 Å². The van der Waals surface area contributed by atoms with Crippen LogP contribution in [0.25, 0.3) is 0 Å². The molecule has 0 spiro atoms. The smallest absolute Gasteiger partial charge is 0.410 e.